The molecular formula is C7H11N3O3. The third-order valence-electron chi connectivity index (χ3n) is 1.43. The summed E-state index contributed by atoms with van der Waals surface area (Å²) >= 11 is 0. The largest absolute Gasteiger partial charge is 0.382 e. The van der Waals surface area contributed by atoms with Crippen molar-refractivity contribution in [2.75, 3.05) is 13.7 Å². The first-order valence-corrected chi connectivity index (χ1v) is 3.82. The number of aliphatic imine (C=N–C) groups is 1. The maximum Gasteiger partial charge on any atom is 0.316 e. The lowest BCUT2D eigenvalue weighted by Crippen LogP contribution is -2.28. The van der Waals surface area contributed by atoms with Gasteiger partial charge in [0.1, 0.15) is 0 Å². The van der Waals surface area contributed by atoms with Gasteiger partial charge >= 0.3 is 11.8 Å². The van der Waals surface area contributed by atoms with Crippen LogP contribution in [0.5, 0.6) is 0 Å². The van der Waals surface area contributed by atoms with E-state index in [0.29, 0.717) is 6.61 Å². The Bertz CT molecular complexity index is 244. The Morgan fingerprint density at radius 3 is 2.38 bits per heavy atom. The van der Waals surface area contributed by atoms with Crippen molar-refractivity contribution in [1.29, 1.82) is 0 Å². The van der Waals surface area contributed by atoms with Gasteiger partial charge in [-0.15, -0.1) is 0 Å². The number of amides is 2. The number of methoxy groups -OCH3 is 1. The molecule has 0 aromatic heterocycles. The minimum atomic E-state index is -0.677. The summed E-state index contributed by atoms with van der Waals surface area (Å²) in [5, 5.41) is 4.58. The molecule has 1 aliphatic heterocycles. The fourth-order valence-electron chi connectivity index (χ4n) is 0.923. The van der Waals surface area contributed by atoms with Crippen LogP contribution in [0.25, 0.3) is 0 Å². The highest BCUT2D eigenvalue weighted by Gasteiger charge is 2.25. The molecule has 1 saturated heterocycles. The number of carbonyl (C=O) groups excluding carboxylic acids is 2. The van der Waals surface area contributed by atoms with Crippen LogP contribution in [0.3, 0.4) is 0 Å². The molecule has 6 nitrogen and oxygen atoms in total. The van der Waals surface area contributed by atoms with Crippen molar-refractivity contribution >= 4 is 17.8 Å². The first-order chi connectivity index (χ1) is 6.13. The highest BCUT2D eigenvalue weighted by Crippen LogP contribution is 1.92. The Labute approximate surface area is 75.4 Å². The SMILES string of the molecule is COCC(C)N=C1NC(=O)C(=O)N1. The predicted molar refractivity (Wildman–Crippen MR) is 45.1 cm³/mol. The smallest absolute Gasteiger partial charge is 0.316 e. The lowest BCUT2D eigenvalue weighted by molar-refractivity contribution is -0.135. The lowest BCUT2D eigenvalue weighted by Gasteiger charge is -2.04. The van der Waals surface area contributed by atoms with E-state index in [1.807, 2.05) is 6.92 Å². The number of nitrogens with one attached hydrogen (secondary N) is 2. The van der Waals surface area contributed by atoms with Crippen molar-refractivity contribution in [2.45, 2.75) is 13.0 Å². The average Bonchev–Trinajstić information content (AvgIpc) is 2.31. The lowest BCUT2D eigenvalue weighted by atomic mass is 10.4. The number of hydrogen-bond donors (Lipinski definition) is 2. The highest BCUT2D eigenvalue weighted by molar-refractivity contribution is 6.45. The molecule has 0 spiro atoms. The van der Waals surface area contributed by atoms with Gasteiger partial charge < -0.3 is 4.74 Å². The molecule has 1 unspecified atom stereocenters. The van der Waals surface area contributed by atoms with Crippen molar-refractivity contribution in [3.05, 3.63) is 0 Å². The Kier molecular flexibility index (Phi) is 2.97. The monoisotopic (exact) mass is 185 g/mol. The summed E-state index contributed by atoms with van der Waals surface area (Å²) in [5.74, 6) is -1.16. The van der Waals surface area contributed by atoms with Crippen molar-refractivity contribution in [1.82, 2.24) is 10.6 Å². The number of nitrogens with zero attached hydrogens (tertiary/aromatic N) is 1. The Hall–Kier alpha value is -1.43. The van der Waals surface area contributed by atoms with E-state index in [2.05, 4.69) is 15.6 Å². The highest BCUT2D eigenvalue weighted by atomic mass is 16.5. The molecule has 0 radical (unpaired) electrons. The molecule has 0 saturated carbocycles. The van der Waals surface area contributed by atoms with Crippen molar-refractivity contribution in [2.24, 2.45) is 4.99 Å². The van der Waals surface area contributed by atoms with Crippen molar-refractivity contribution in [3.8, 4) is 0 Å². The second-order valence-corrected chi connectivity index (χ2v) is 2.69. The molecule has 0 aromatic rings. The minimum Gasteiger partial charge on any atom is -0.382 e. The Morgan fingerprint density at radius 1 is 1.38 bits per heavy atom. The van der Waals surface area contributed by atoms with Crippen LogP contribution < -0.4 is 10.6 Å². The van der Waals surface area contributed by atoms with E-state index in [-0.39, 0.29) is 12.0 Å². The van der Waals surface area contributed by atoms with Crippen LogP contribution in [0.2, 0.25) is 0 Å². The molecule has 13 heavy (non-hydrogen) atoms. The van der Waals surface area contributed by atoms with Gasteiger partial charge in [0.2, 0.25) is 5.96 Å². The van der Waals surface area contributed by atoms with Gasteiger partial charge in [-0.25, -0.2) is 4.99 Å². The Balaban J connectivity index is 2.54. The third-order valence-corrected chi connectivity index (χ3v) is 1.43. The summed E-state index contributed by atoms with van der Waals surface area (Å²) in [6.45, 7) is 2.25. The average molecular weight is 185 g/mol. The van der Waals surface area contributed by atoms with Crippen LogP contribution in [0, 0.1) is 0 Å². The fraction of sp³-hybridized carbons (Fsp3) is 0.571. The summed E-state index contributed by atoms with van der Waals surface area (Å²) in [6.07, 6.45) is 0. The zero-order valence-corrected chi connectivity index (χ0v) is 7.46. The van der Waals surface area contributed by atoms with Gasteiger partial charge in [-0.1, -0.05) is 0 Å². The number of rotatable bonds is 3. The maximum absolute atomic E-state index is 10.7. The van der Waals surface area contributed by atoms with Gasteiger partial charge in [-0.2, -0.15) is 0 Å². The first-order valence-electron chi connectivity index (χ1n) is 3.82. The van der Waals surface area contributed by atoms with Gasteiger partial charge in [0.25, 0.3) is 0 Å². The molecular weight excluding hydrogens is 174 g/mol. The van der Waals surface area contributed by atoms with Gasteiger partial charge in [0.05, 0.1) is 12.6 Å². The van der Waals surface area contributed by atoms with Gasteiger partial charge in [-0.3, -0.25) is 20.2 Å². The van der Waals surface area contributed by atoms with E-state index in [1.165, 1.54) is 0 Å². The normalized spacial score (nSPS) is 18.2. The molecule has 1 fully saturated rings. The van der Waals surface area contributed by atoms with E-state index < -0.39 is 11.8 Å². The summed E-state index contributed by atoms with van der Waals surface area (Å²) < 4.78 is 4.84. The topological polar surface area (TPSA) is 79.8 Å². The van der Waals surface area contributed by atoms with E-state index in [4.69, 9.17) is 4.74 Å². The first kappa shape index (κ1) is 9.66. The molecule has 2 amide bonds. The summed E-state index contributed by atoms with van der Waals surface area (Å²) in [4.78, 5) is 25.4. The molecule has 72 valence electrons. The van der Waals surface area contributed by atoms with Crippen LogP contribution in [-0.2, 0) is 14.3 Å². The number of ether oxygens (including phenoxy) is 1. The second-order valence-electron chi connectivity index (χ2n) is 2.69. The van der Waals surface area contributed by atoms with E-state index in [0.717, 1.165) is 0 Å². The molecule has 0 aliphatic carbocycles. The molecule has 0 bridgehead atoms. The van der Waals surface area contributed by atoms with Gasteiger partial charge in [0, 0.05) is 7.11 Å². The van der Waals surface area contributed by atoms with Crippen LogP contribution in [0.1, 0.15) is 6.92 Å². The van der Waals surface area contributed by atoms with Crippen molar-refractivity contribution < 1.29 is 14.3 Å². The van der Waals surface area contributed by atoms with Crippen LogP contribution in [0.4, 0.5) is 0 Å². The Morgan fingerprint density at radius 2 is 1.92 bits per heavy atom. The van der Waals surface area contributed by atoms with E-state index in [1.54, 1.807) is 7.11 Å². The minimum absolute atomic E-state index is 0.0984. The van der Waals surface area contributed by atoms with Crippen LogP contribution in [0.15, 0.2) is 4.99 Å². The molecule has 1 aliphatic rings. The summed E-state index contributed by atoms with van der Waals surface area (Å²) in [5.41, 5.74) is 0. The van der Waals surface area contributed by atoms with E-state index >= 15 is 0 Å². The number of guanidine groups is 1. The van der Waals surface area contributed by atoms with Gasteiger partial charge in [0.15, 0.2) is 0 Å². The van der Waals surface area contributed by atoms with Gasteiger partial charge in [-0.05, 0) is 6.92 Å². The molecule has 0 aromatic carbocycles. The second kappa shape index (κ2) is 3.99. The molecule has 1 rings (SSSR count). The standard InChI is InChI=1S/C7H11N3O3/c1-4(3-13-2)8-7-9-5(11)6(12)10-7/h4H,3H2,1-2H3,(H2,8,9,10,11,12). The summed E-state index contributed by atoms with van der Waals surface area (Å²) in [7, 11) is 1.56. The van der Waals surface area contributed by atoms with Crippen LogP contribution >= 0.6 is 0 Å². The molecule has 6 heteroatoms. The zero-order valence-electron chi connectivity index (χ0n) is 7.46. The number of hydrogen-bond acceptors (Lipinski definition) is 4. The third kappa shape index (κ3) is 2.51. The maximum atomic E-state index is 10.7. The zero-order chi connectivity index (χ0) is 9.84. The van der Waals surface area contributed by atoms with E-state index in [9.17, 15) is 9.59 Å². The predicted octanol–water partition coefficient (Wildman–Crippen LogP) is -1.38. The van der Waals surface area contributed by atoms with Crippen LogP contribution in [-0.4, -0.2) is 37.5 Å². The number of carbonyl (C=O) groups is 2. The molecule has 1 heterocycles. The molecule has 1 atom stereocenters. The van der Waals surface area contributed by atoms with Crippen molar-refractivity contribution in [3.63, 3.8) is 0 Å². The summed E-state index contributed by atoms with van der Waals surface area (Å²) in [6, 6.07) is -0.0984. The molecule has 2 N–H and O–H groups in total. The fourth-order valence-corrected chi connectivity index (χ4v) is 0.923. The quantitative estimate of drug-likeness (QED) is 0.532.